The third kappa shape index (κ3) is 3.86. The van der Waals surface area contributed by atoms with E-state index in [1.54, 1.807) is 17.8 Å². The molecule has 2 N–H and O–H groups in total. The van der Waals surface area contributed by atoms with Crippen LogP contribution in [0.1, 0.15) is 25.7 Å². The number of rotatable bonds is 5. The molecule has 0 heterocycles. The molecule has 2 atom stereocenters. The van der Waals surface area contributed by atoms with Gasteiger partial charge >= 0.3 is 5.97 Å². The van der Waals surface area contributed by atoms with Crippen LogP contribution in [0, 0.1) is 5.92 Å². The van der Waals surface area contributed by atoms with E-state index < -0.39 is 5.54 Å². The van der Waals surface area contributed by atoms with E-state index in [-0.39, 0.29) is 11.9 Å². The minimum absolute atomic E-state index is 0.181. The van der Waals surface area contributed by atoms with E-state index in [0.717, 1.165) is 29.9 Å². The van der Waals surface area contributed by atoms with Crippen LogP contribution in [-0.4, -0.2) is 24.4 Å². The summed E-state index contributed by atoms with van der Waals surface area (Å²) in [5, 5.41) is 1.12. The summed E-state index contributed by atoms with van der Waals surface area (Å²) in [5.41, 5.74) is 5.45. The van der Waals surface area contributed by atoms with Crippen LogP contribution in [-0.2, 0) is 9.53 Å². The molecule has 2 unspecified atom stereocenters. The van der Waals surface area contributed by atoms with Gasteiger partial charge in [0.1, 0.15) is 5.54 Å². The first-order chi connectivity index (χ1) is 9.97. The average Bonchev–Trinajstić information content (AvgIpc) is 2.84. The Kier molecular flexibility index (Phi) is 5.83. The zero-order valence-electron chi connectivity index (χ0n) is 11.9. The molecule has 2 rings (SSSR count). The maximum Gasteiger partial charge on any atom is 0.326 e. The van der Waals surface area contributed by atoms with Crippen LogP contribution < -0.4 is 5.73 Å². The Morgan fingerprint density at radius 1 is 1.48 bits per heavy atom. The molecule has 0 spiro atoms. The Morgan fingerprint density at radius 3 is 2.90 bits per heavy atom. The van der Waals surface area contributed by atoms with Crippen molar-refractivity contribution in [3.63, 3.8) is 0 Å². The topological polar surface area (TPSA) is 52.3 Å². The number of halogens is 2. The van der Waals surface area contributed by atoms with Crippen LogP contribution >= 0.6 is 35.0 Å². The van der Waals surface area contributed by atoms with Gasteiger partial charge in [0, 0.05) is 4.90 Å². The van der Waals surface area contributed by atoms with Crippen molar-refractivity contribution in [1.82, 2.24) is 0 Å². The van der Waals surface area contributed by atoms with Gasteiger partial charge in [-0.1, -0.05) is 29.6 Å². The summed E-state index contributed by atoms with van der Waals surface area (Å²) in [6.07, 6.45) is 3.56. The van der Waals surface area contributed by atoms with Gasteiger partial charge in [-0.15, -0.1) is 11.8 Å². The molecule has 0 aromatic heterocycles. The van der Waals surface area contributed by atoms with Gasteiger partial charge in [-0.3, -0.25) is 4.79 Å². The van der Waals surface area contributed by atoms with Crippen molar-refractivity contribution in [2.75, 3.05) is 12.9 Å². The van der Waals surface area contributed by atoms with Crippen LogP contribution in [0.2, 0.25) is 10.0 Å². The summed E-state index contributed by atoms with van der Waals surface area (Å²) in [5.74, 6) is 0.781. The largest absolute Gasteiger partial charge is 0.468 e. The first-order valence-electron chi connectivity index (χ1n) is 6.92. The molecule has 1 aliphatic rings. The number of benzene rings is 1. The number of carbonyl (C=O) groups excluding carboxylic acids is 1. The van der Waals surface area contributed by atoms with Crippen molar-refractivity contribution in [1.29, 1.82) is 0 Å². The zero-order valence-corrected chi connectivity index (χ0v) is 14.2. The zero-order chi connectivity index (χ0) is 15.5. The molecule has 0 aliphatic heterocycles. The summed E-state index contributed by atoms with van der Waals surface area (Å²) in [7, 11) is 1.40. The SMILES string of the molecule is COC(=O)C1(N)CCCC1CCSc1ccc(Cl)c(Cl)c1. The number of hydrogen-bond donors (Lipinski definition) is 1. The van der Waals surface area contributed by atoms with E-state index in [0.29, 0.717) is 16.5 Å². The summed E-state index contributed by atoms with van der Waals surface area (Å²) in [6, 6.07) is 5.60. The van der Waals surface area contributed by atoms with Crippen LogP contribution in [0.15, 0.2) is 23.1 Å². The molecule has 21 heavy (non-hydrogen) atoms. The number of esters is 1. The van der Waals surface area contributed by atoms with Gasteiger partial charge in [0.2, 0.25) is 0 Å². The molecule has 1 aromatic carbocycles. The number of thioether (sulfide) groups is 1. The molecule has 0 amide bonds. The lowest BCUT2D eigenvalue weighted by atomic mass is 9.86. The first kappa shape index (κ1) is 16.9. The molecular formula is C15H19Cl2NO2S. The molecule has 116 valence electrons. The minimum atomic E-state index is -0.813. The highest BCUT2D eigenvalue weighted by Gasteiger charge is 2.46. The highest BCUT2D eigenvalue weighted by molar-refractivity contribution is 7.99. The maximum absolute atomic E-state index is 11.9. The second-order valence-electron chi connectivity index (χ2n) is 5.33. The highest BCUT2D eigenvalue weighted by atomic mass is 35.5. The first-order valence-corrected chi connectivity index (χ1v) is 8.66. The standard InChI is InChI=1S/C15H19Cl2NO2S/c1-20-14(19)15(18)7-2-3-10(15)6-8-21-11-4-5-12(16)13(17)9-11/h4-5,9-10H,2-3,6-8,18H2,1H3. The van der Waals surface area contributed by atoms with E-state index in [2.05, 4.69) is 0 Å². The fourth-order valence-electron chi connectivity index (χ4n) is 2.85. The molecule has 0 saturated heterocycles. The minimum Gasteiger partial charge on any atom is -0.468 e. The summed E-state index contributed by atoms with van der Waals surface area (Å²) in [6.45, 7) is 0. The molecule has 1 aliphatic carbocycles. The quantitative estimate of drug-likeness (QED) is 0.642. The van der Waals surface area contributed by atoms with Gasteiger partial charge in [0.15, 0.2) is 0 Å². The van der Waals surface area contributed by atoms with E-state index in [1.807, 2.05) is 12.1 Å². The fraction of sp³-hybridized carbons (Fsp3) is 0.533. The average molecular weight is 348 g/mol. The summed E-state index contributed by atoms with van der Waals surface area (Å²) in [4.78, 5) is 12.9. The lowest BCUT2D eigenvalue weighted by Crippen LogP contribution is -2.51. The summed E-state index contributed by atoms with van der Waals surface area (Å²) < 4.78 is 4.86. The van der Waals surface area contributed by atoms with Crippen LogP contribution in [0.3, 0.4) is 0 Å². The molecule has 1 aromatic rings. The summed E-state index contributed by atoms with van der Waals surface area (Å²) >= 11 is 13.6. The predicted octanol–water partition coefficient (Wildman–Crippen LogP) is 4.15. The van der Waals surface area contributed by atoms with Gasteiger partial charge < -0.3 is 10.5 Å². The normalized spacial score (nSPS) is 25.0. The molecule has 6 heteroatoms. The Hall–Kier alpha value is -0.420. The Morgan fingerprint density at radius 2 is 2.24 bits per heavy atom. The van der Waals surface area contributed by atoms with Gasteiger partial charge in [-0.25, -0.2) is 0 Å². The van der Waals surface area contributed by atoms with Gasteiger partial charge in [0.25, 0.3) is 0 Å². The van der Waals surface area contributed by atoms with Crippen molar-refractivity contribution in [2.45, 2.75) is 36.1 Å². The number of nitrogens with two attached hydrogens (primary N) is 1. The van der Waals surface area contributed by atoms with Crippen molar-refractivity contribution < 1.29 is 9.53 Å². The van der Waals surface area contributed by atoms with Crippen LogP contribution in [0.5, 0.6) is 0 Å². The molecule has 0 radical (unpaired) electrons. The van der Waals surface area contributed by atoms with Crippen LogP contribution in [0.4, 0.5) is 0 Å². The number of hydrogen-bond acceptors (Lipinski definition) is 4. The molecular weight excluding hydrogens is 329 g/mol. The Bertz CT molecular complexity index is 526. The highest BCUT2D eigenvalue weighted by Crippen LogP contribution is 2.38. The van der Waals surface area contributed by atoms with Gasteiger partial charge in [-0.2, -0.15) is 0 Å². The third-order valence-corrected chi connectivity index (χ3v) is 5.83. The van der Waals surface area contributed by atoms with Crippen molar-refractivity contribution in [3.05, 3.63) is 28.2 Å². The van der Waals surface area contributed by atoms with Crippen LogP contribution in [0.25, 0.3) is 0 Å². The second-order valence-corrected chi connectivity index (χ2v) is 7.32. The third-order valence-electron chi connectivity index (χ3n) is 4.06. The molecule has 1 fully saturated rings. The van der Waals surface area contributed by atoms with Crippen molar-refractivity contribution >= 4 is 40.9 Å². The number of methoxy groups -OCH3 is 1. The van der Waals surface area contributed by atoms with E-state index in [9.17, 15) is 4.79 Å². The van der Waals surface area contributed by atoms with E-state index >= 15 is 0 Å². The second kappa shape index (κ2) is 7.23. The lowest BCUT2D eigenvalue weighted by molar-refractivity contribution is -0.148. The fourth-order valence-corrected chi connectivity index (χ4v) is 4.22. The molecule has 0 bridgehead atoms. The Labute approximate surface area is 139 Å². The number of carbonyl (C=O) groups is 1. The predicted molar refractivity (Wildman–Crippen MR) is 88.1 cm³/mol. The van der Waals surface area contributed by atoms with E-state index in [4.69, 9.17) is 33.7 Å². The maximum atomic E-state index is 11.9. The van der Waals surface area contributed by atoms with Crippen molar-refractivity contribution in [2.24, 2.45) is 11.7 Å². The molecule has 3 nitrogen and oxygen atoms in total. The van der Waals surface area contributed by atoms with Crippen molar-refractivity contribution in [3.8, 4) is 0 Å². The van der Waals surface area contributed by atoms with Gasteiger partial charge in [-0.05, 0) is 49.1 Å². The number of ether oxygens (including phenoxy) is 1. The molecule has 1 saturated carbocycles. The van der Waals surface area contributed by atoms with Gasteiger partial charge in [0.05, 0.1) is 17.2 Å². The van der Waals surface area contributed by atoms with E-state index in [1.165, 1.54) is 7.11 Å². The monoisotopic (exact) mass is 347 g/mol. The smallest absolute Gasteiger partial charge is 0.326 e. The lowest BCUT2D eigenvalue weighted by Gasteiger charge is -2.28. The Balaban J connectivity index is 1.90.